The molecule has 1 aromatic heterocycles. The molecule has 1 aromatic carbocycles. The average Bonchev–Trinajstić information content (AvgIpc) is 2.63. The number of aromatic nitrogens is 4. The van der Waals surface area contributed by atoms with Gasteiger partial charge in [0, 0.05) is 6.21 Å². The minimum Gasteiger partial charge on any atom is -0.216 e. The van der Waals surface area contributed by atoms with Crippen molar-refractivity contribution in [1.29, 1.82) is 0 Å². The lowest BCUT2D eigenvalue weighted by Gasteiger charge is -1.87. The van der Waals surface area contributed by atoms with E-state index in [9.17, 15) is 0 Å². The second-order valence-corrected chi connectivity index (χ2v) is 2.75. The fraction of sp³-hybridized carbons (Fsp3) is 0.111. The average molecular weight is 187 g/mol. The first-order valence-corrected chi connectivity index (χ1v) is 4.18. The van der Waals surface area contributed by atoms with Crippen molar-refractivity contribution in [2.75, 3.05) is 0 Å². The smallest absolute Gasteiger partial charge is 0.216 e. The Hall–Kier alpha value is -2.04. The summed E-state index contributed by atoms with van der Waals surface area (Å²) in [6.45, 7) is 0. The van der Waals surface area contributed by atoms with Crippen LogP contribution in [0.25, 0.3) is 0 Å². The summed E-state index contributed by atoms with van der Waals surface area (Å²) in [5, 5.41) is 11.3. The van der Waals surface area contributed by atoms with E-state index in [2.05, 4.69) is 20.4 Å². The molecule has 0 bridgehead atoms. The summed E-state index contributed by atoms with van der Waals surface area (Å²) in [7, 11) is 1.70. The van der Waals surface area contributed by atoms with Crippen LogP contribution in [0.4, 0.5) is 5.95 Å². The Morgan fingerprint density at radius 2 is 2.07 bits per heavy atom. The number of tetrazole rings is 1. The van der Waals surface area contributed by atoms with Gasteiger partial charge >= 0.3 is 0 Å². The van der Waals surface area contributed by atoms with Crippen molar-refractivity contribution in [2.24, 2.45) is 12.0 Å². The fourth-order valence-electron chi connectivity index (χ4n) is 0.997. The van der Waals surface area contributed by atoms with Gasteiger partial charge in [-0.1, -0.05) is 35.4 Å². The normalized spacial score (nSPS) is 10.9. The molecule has 0 unspecified atom stereocenters. The van der Waals surface area contributed by atoms with Crippen LogP contribution in [-0.4, -0.2) is 26.4 Å². The van der Waals surface area contributed by atoms with E-state index in [1.807, 2.05) is 30.3 Å². The summed E-state index contributed by atoms with van der Waals surface area (Å²) in [6.07, 6.45) is 1.71. The number of rotatable bonds is 2. The summed E-state index contributed by atoms with van der Waals surface area (Å²) in [4.78, 5) is 5.44. The summed E-state index contributed by atoms with van der Waals surface area (Å²) < 4.78 is 0. The number of hydrogen-bond donors (Lipinski definition) is 0. The van der Waals surface area contributed by atoms with Crippen LogP contribution in [0.3, 0.4) is 0 Å². The first-order valence-electron chi connectivity index (χ1n) is 4.18. The van der Waals surface area contributed by atoms with Crippen LogP contribution in [0.2, 0.25) is 0 Å². The Morgan fingerprint density at radius 1 is 1.29 bits per heavy atom. The quantitative estimate of drug-likeness (QED) is 0.658. The molecule has 0 aliphatic carbocycles. The van der Waals surface area contributed by atoms with Gasteiger partial charge in [0.2, 0.25) is 0 Å². The number of nitrogens with zero attached hydrogens (tertiary/aromatic N) is 5. The second-order valence-electron chi connectivity index (χ2n) is 2.75. The molecule has 5 heteroatoms. The van der Waals surface area contributed by atoms with Crippen molar-refractivity contribution in [3.05, 3.63) is 35.9 Å². The largest absolute Gasteiger partial charge is 0.289 e. The van der Waals surface area contributed by atoms with Crippen molar-refractivity contribution >= 4 is 12.2 Å². The van der Waals surface area contributed by atoms with Gasteiger partial charge in [0.1, 0.15) is 0 Å². The molecule has 1 heterocycles. The molecule has 0 aliphatic heterocycles. The standard InChI is InChI=1S/C9H9N5/c1-14-12-9(11-13-14)10-7-8-5-3-2-4-6-8/h2-7H,1H3/b10-7+. The number of aryl methyl sites for hydroxylation is 1. The zero-order valence-corrected chi connectivity index (χ0v) is 7.70. The van der Waals surface area contributed by atoms with E-state index in [0.717, 1.165) is 5.56 Å². The molecule has 0 amide bonds. The van der Waals surface area contributed by atoms with Crippen LogP contribution in [0.1, 0.15) is 5.56 Å². The highest BCUT2D eigenvalue weighted by molar-refractivity contribution is 5.80. The van der Waals surface area contributed by atoms with Crippen LogP contribution in [0.5, 0.6) is 0 Å². The molecule has 0 N–H and O–H groups in total. The predicted octanol–water partition coefficient (Wildman–Crippen LogP) is 0.961. The highest BCUT2D eigenvalue weighted by Gasteiger charge is 1.94. The molecule has 0 saturated carbocycles. The molecular formula is C9H9N5. The number of hydrogen-bond acceptors (Lipinski definition) is 4. The highest BCUT2D eigenvalue weighted by Crippen LogP contribution is 2.00. The van der Waals surface area contributed by atoms with Gasteiger partial charge in [-0.15, -0.1) is 5.10 Å². The molecule has 0 saturated heterocycles. The van der Waals surface area contributed by atoms with Gasteiger partial charge in [0.15, 0.2) is 0 Å². The van der Waals surface area contributed by atoms with E-state index in [1.165, 1.54) is 4.80 Å². The van der Waals surface area contributed by atoms with Crippen LogP contribution in [-0.2, 0) is 7.05 Å². The number of benzene rings is 1. The monoisotopic (exact) mass is 187 g/mol. The predicted molar refractivity (Wildman–Crippen MR) is 52.5 cm³/mol. The fourth-order valence-corrected chi connectivity index (χ4v) is 0.997. The molecule has 5 nitrogen and oxygen atoms in total. The summed E-state index contributed by atoms with van der Waals surface area (Å²) in [6, 6.07) is 9.77. The third-order valence-corrected chi connectivity index (χ3v) is 1.63. The molecule has 0 aliphatic rings. The van der Waals surface area contributed by atoms with E-state index in [1.54, 1.807) is 13.3 Å². The van der Waals surface area contributed by atoms with E-state index in [0.29, 0.717) is 5.95 Å². The van der Waals surface area contributed by atoms with E-state index in [4.69, 9.17) is 0 Å². The summed E-state index contributed by atoms with van der Waals surface area (Å²) in [5.74, 6) is 0.372. The van der Waals surface area contributed by atoms with Crippen molar-refractivity contribution in [3.63, 3.8) is 0 Å². The molecule has 0 fully saturated rings. The van der Waals surface area contributed by atoms with Gasteiger partial charge in [-0.25, -0.2) is 4.99 Å². The molecule has 14 heavy (non-hydrogen) atoms. The van der Waals surface area contributed by atoms with Crippen LogP contribution in [0, 0.1) is 0 Å². The zero-order valence-electron chi connectivity index (χ0n) is 7.70. The van der Waals surface area contributed by atoms with E-state index < -0.39 is 0 Å². The van der Waals surface area contributed by atoms with Crippen molar-refractivity contribution < 1.29 is 0 Å². The zero-order chi connectivity index (χ0) is 9.80. The van der Waals surface area contributed by atoms with E-state index >= 15 is 0 Å². The molecule has 0 atom stereocenters. The molecule has 0 spiro atoms. The van der Waals surface area contributed by atoms with Crippen molar-refractivity contribution in [1.82, 2.24) is 20.2 Å². The summed E-state index contributed by atoms with van der Waals surface area (Å²) in [5.41, 5.74) is 1.01. The molecular weight excluding hydrogens is 178 g/mol. The van der Waals surface area contributed by atoms with Crippen LogP contribution in [0.15, 0.2) is 35.3 Å². The minimum atomic E-state index is 0.372. The van der Waals surface area contributed by atoms with Gasteiger partial charge in [-0.05, 0) is 10.8 Å². The SMILES string of the molecule is Cn1nnc(/N=C/c2ccccc2)n1. The second kappa shape index (κ2) is 3.78. The maximum absolute atomic E-state index is 4.07. The Morgan fingerprint density at radius 3 is 2.71 bits per heavy atom. The van der Waals surface area contributed by atoms with Gasteiger partial charge in [-0.2, -0.15) is 4.80 Å². The Balaban J connectivity index is 2.15. The van der Waals surface area contributed by atoms with E-state index in [-0.39, 0.29) is 0 Å². The third kappa shape index (κ3) is 2.01. The first-order chi connectivity index (χ1) is 6.84. The lowest BCUT2D eigenvalue weighted by atomic mass is 10.2. The maximum atomic E-state index is 4.07. The molecule has 2 aromatic rings. The highest BCUT2D eigenvalue weighted by atomic mass is 15.6. The first kappa shape index (κ1) is 8.55. The minimum absolute atomic E-state index is 0.372. The Kier molecular flexibility index (Phi) is 2.31. The Labute approximate surface area is 81.1 Å². The van der Waals surface area contributed by atoms with Crippen LogP contribution < -0.4 is 0 Å². The maximum Gasteiger partial charge on any atom is 0.289 e. The van der Waals surface area contributed by atoms with Crippen molar-refractivity contribution in [3.8, 4) is 0 Å². The summed E-state index contributed by atoms with van der Waals surface area (Å²) >= 11 is 0. The van der Waals surface area contributed by atoms with Crippen LogP contribution >= 0.6 is 0 Å². The van der Waals surface area contributed by atoms with Gasteiger partial charge in [0.25, 0.3) is 5.95 Å². The molecule has 2 rings (SSSR count). The molecule has 0 radical (unpaired) electrons. The topological polar surface area (TPSA) is 56.0 Å². The lowest BCUT2D eigenvalue weighted by Crippen LogP contribution is -1.91. The van der Waals surface area contributed by atoms with Gasteiger partial charge in [-0.3, -0.25) is 0 Å². The van der Waals surface area contributed by atoms with Crippen molar-refractivity contribution in [2.45, 2.75) is 0 Å². The number of aliphatic imine (C=N–C) groups is 1. The lowest BCUT2D eigenvalue weighted by molar-refractivity contribution is 0.630. The van der Waals surface area contributed by atoms with Gasteiger partial charge in [0.05, 0.1) is 7.05 Å². The van der Waals surface area contributed by atoms with Gasteiger partial charge < -0.3 is 0 Å². The molecule has 70 valence electrons. The third-order valence-electron chi connectivity index (χ3n) is 1.63. The Bertz CT molecular complexity index is 431.